The molecular weight excluding hydrogens is 398 g/mol. The number of nitrogens with one attached hydrogen (secondary N) is 3. The Labute approximate surface area is 177 Å². The standard InChI is InChI=1S/C19H35N3O6S/c1-12(2)10-14(16(24)20-11-15(23)27-6)21-17(25)13(8-9-29-7)22-18(26)28-19(3,4)5/h12-14H,8-11H2,1-7H3,(H,20,24)(H,21,25)(H,22,26)/t13-,14-/m0/s1. The highest BCUT2D eigenvalue weighted by Crippen LogP contribution is 2.10. The Morgan fingerprint density at radius 1 is 1.00 bits per heavy atom. The Hall–Kier alpha value is -1.97. The summed E-state index contributed by atoms with van der Waals surface area (Å²) in [5, 5.41) is 7.71. The van der Waals surface area contributed by atoms with Gasteiger partial charge in [-0.15, -0.1) is 0 Å². The number of carbonyl (C=O) groups excluding carboxylic acids is 4. The van der Waals surface area contributed by atoms with Crippen LogP contribution in [0.25, 0.3) is 0 Å². The molecule has 0 rings (SSSR count). The van der Waals surface area contributed by atoms with E-state index in [9.17, 15) is 19.2 Å². The number of alkyl carbamates (subject to hydrolysis) is 1. The third-order valence-electron chi connectivity index (χ3n) is 3.59. The van der Waals surface area contributed by atoms with Gasteiger partial charge in [-0.25, -0.2) is 4.79 Å². The van der Waals surface area contributed by atoms with Crippen LogP contribution in [0.5, 0.6) is 0 Å². The smallest absolute Gasteiger partial charge is 0.408 e. The predicted octanol–water partition coefficient (Wildman–Crippen LogP) is 1.45. The molecule has 0 saturated heterocycles. The third-order valence-corrected chi connectivity index (χ3v) is 4.24. The van der Waals surface area contributed by atoms with Gasteiger partial charge in [0.2, 0.25) is 11.8 Å². The zero-order chi connectivity index (χ0) is 22.6. The maximum atomic E-state index is 12.8. The molecule has 0 aromatic heterocycles. The first-order valence-electron chi connectivity index (χ1n) is 9.53. The van der Waals surface area contributed by atoms with Crippen LogP contribution in [0.2, 0.25) is 0 Å². The van der Waals surface area contributed by atoms with Gasteiger partial charge in [0.05, 0.1) is 7.11 Å². The van der Waals surface area contributed by atoms with Crippen LogP contribution in [0.15, 0.2) is 0 Å². The van der Waals surface area contributed by atoms with Gasteiger partial charge in [0, 0.05) is 0 Å². The van der Waals surface area contributed by atoms with Crippen LogP contribution in [0, 0.1) is 5.92 Å². The highest BCUT2D eigenvalue weighted by Gasteiger charge is 2.28. The molecule has 0 spiro atoms. The molecule has 0 bridgehead atoms. The molecule has 29 heavy (non-hydrogen) atoms. The van der Waals surface area contributed by atoms with Crippen molar-refractivity contribution >= 4 is 35.6 Å². The summed E-state index contributed by atoms with van der Waals surface area (Å²) in [6, 6.07) is -1.69. The lowest BCUT2D eigenvalue weighted by atomic mass is 10.0. The summed E-state index contributed by atoms with van der Waals surface area (Å²) in [7, 11) is 1.22. The van der Waals surface area contributed by atoms with E-state index in [1.165, 1.54) is 18.9 Å². The molecule has 168 valence electrons. The average Bonchev–Trinajstić information content (AvgIpc) is 2.60. The summed E-state index contributed by atoms with van der Waals surface area (Å²) in [6.45, 7) is 8.73. The second-order valence-corrected chi connectivity index (χ2v) is 8.95. The maximum Gasteiger partial charge on any atom is 0.408 e. The molecule has 0 aliphatic rings. The van der Waals surface area contributed by atoms with Crippen LogP contribution in [0.4, 0.5) is 4.79 Å². The molecule has 0 fully saturated rings. The molecule has 0 aromatic carbocycles. The van der Waals surface area contributed by atoms with E-state index < -0.39 is 41.6 Å². The largest absolute Gasteiger partial charge is 0.468 e. The van der Waals surface area contributed by atoms with Gasteiger partial charge in [-0.1, -0.05) is 13.8 Å². The van der Waals surface area contributed by atoms with Crippen molar-refractivity contribution in [1.82, 2.24) is 16.0 Å². The first-order chi connectivity index (χ1) is 13.4. The second kappa shape index (κ2) is 13.3. The maximum absolute atomic E-state index is 12.8. The molecule has 10 heteroatoms. The molecular formula is C19H35N3O6S. The summed E-state index contributed by atoms with van der Waals surface area (Å²) in [5.74, 6) is -0.802. The van der Waals surface area contributed by atoms with E-state index in [4.69, 9.17) is 4.74 Å². The summed E-state index contributed by atoms with van der Waals surface area (Å²) >= 11 is 1.53. The lowest BCUT2D eigenvalue weighted by Gasteiger charge is -2.25. The lowest BCUT2D eigenvalue weighted by Crippen LogP contribution is -2.55. The fourth-order valence-corrected chi connectivity index (χ4v) is 2.76. The molecule has 0 saturated carbocycles. The van der Waals surface area contributed by atoms with Gasteiger partial charge >= 0.3 is 12.1 Å². The zero-order valence-electron chi connectivity index (χ0n) is 18.4. The van der Waals surface area contributed by atoms with Gasteiger partial charge in [-0.2, -0.15) is 11.8 Å². The number of carbonyl (C=O) groups is 4. The van der Waals surface area contributed by atoms with E-state index in [1.54, 1.807) is 20.8 Å². The number of thioether (sulfide) groups is 1. The third kappa shape index (κ3) is 13.0. The van der Waals surface area contributed by atoms with E-state index in [0.29, 0.717) is 18.6 Å². The number of esters is 1. The van der Waals surface area contributed by atoms with Crippen molar-refractivity contribution in [2.75, 3.05) is 25.7 Å². The van der Waals surface area contributed by atoms with Crippen LogP contribution in [-0.2, 0) is 23.9 Å². The first-order valence-corrected chi connectivity index (χ1v) is 10.9. The van der Waals surface area contributed by atoms with Crippen LogP contribution < -0.4 is 16.0 Å². The Morgan fingerprint density at radius 2 is 1.62 bits per heavy atom. The average molecular weight is 434 g/mol. The fourth-order valence-electron chi connectivity index (χ4n) is 2.28. The quantitative estimate of drug-likeness (QED) is 0.422. The van der Waals surface area contributed by atoms with Crippen molar-refractivity contribution in [3.05, 3.63) is 0 Å². The summed E-state index contributed by atoms with van der Waals surface area (Å²) in [4.78, 5) is 48.6. The van der Waals surface area contributed by atoms with Crippen molar-refractivity contribution in [2.24, 2.45) is 5.92 Å². The molecule has 0 unspecified atom stereocenters. The highest BCUT2D eigenvalue weighted by atomic mass is 32.2. The Bertz CT molecular complexity index is 563. The summed E-state index contributed by atoms with van der Waals surface area (Å²) < 4.78 is 9.73. The highest BCUT2D eigenvalue weighted by molar-refractivity contribution is 7.98. The van der Waals surface area contributed by atoms with Gasteiger partial charge in [0.15, 0.2) is 0 Å². The van der Waals surface area contributed by atoms with Crippen LogP contribution >= 0.6 is 11.8 Å². The Morgan fingerprint density at radius 3 is 2.10 bits per heavy atom. The summed E-state index contributed by atoms with van der Waals surface area (Å²) in [6.07, 6.45) is 1.95. The van der Waals surface area contributed by atoms with E-state index in [-0.39, 0.29) is 12.5 Å². The van der Waals surface area contributed by atoms with Crippen molar-refractivity contribution in [2.45, 2.75) is 65.1 Å². The molecule has 3 amide bonds. The topological polar surface area (TPSA) is 123 Å². The number of ether oxygens (including phenoxy) is 2. The van der Waals surface area contributed by atoms with Gasteiger partial charge in [0.1, 0.15) is 24.2 Å². The monoisotopic (exact) mass is 433 g/mol. The van der Waals surface area contributed by atoms with E-state index in [0.717, 1.165) is 0 Å². The molecule has 9 nitrogen and oxygen atoms in total. The van der Waals surface area contributed by atoms with Crippen LogP contribution in [-0.4, -0.2) is 67.2 Å². The fraction of sp³-hybridized carbons (Fsp3) is 0.789. The number of methoxy groups -OCH3 is 1. The zero-order valence-corrected chi connectivity index (χ0v) is 19.2. The van der Waals surface area contributed by atoms with Gasteiger partial charge in [-0.3, -0.25) is 14.4 Å². The minimum Gasteiger partial charge on any atom is -0.468 e. The normalized spacial score (nSPS) is 13.2. The number of rotatable bonds is 11. The second-order valence-electron chi connectivity index (χ2n) is 7.96. The molecule has 0 aromatic rings. The van der Waals surface area contributed by atoms with Gasteiger partial charge in [0.25, 0.3) is 0 Å². The molecule has 2 atom stereocenters. The number of amides is 3. The Balaban J connectivity index is 5.15. The van der Waals surface area contributed by atoms with Gasteiger partial charge in [-0.05, 0) is 51.5 Å². The molecule has 3 N–H and O–H groups in total. The SMILES string of the molecule is COC(=O)CNC(=O)[C@H](CC(C)C)NC(=O)[C@H](CCSC)NC(=O)OC(C)(C)C. The van der Waals surface area contributed by atoms with E-state index >= 15 is 0 Å². The lowest BCUT2D eigenvalue weighted by molar-refractivity contribution is -0.141. The molecule has 0 heterocycles. The molecule has 0 aliphatic carbocycles. The predicted molar refractivity (Wildman–Crippen MR) is 113 cm³/mol. The van der Waals surface area contributed by atoms with E-state index in [1.807, 2.05) is 20.1 Å². The molecule has 0 aliphatic heterocycles. The van der Waals surface area contributed by atoms with Gasteiger partial charge < -0.3 is 25.4 Å². The van der Waals surface area contributed by atoms with Crippen molar-refractivity contribution < 1.29 is 28.7 Å². The first kappa shape index (κ1) is 27.0. The van der Waals surface area contributed by atoms with Crippen molar-refractivity contribution in [1.29, 1.82) is 0 Å². The van der Waals surface area contributed by atoms with Crippen molar-refractivity contribution in [3.8, 4) is 0 Å². The number of hydrogen-bond donors (Lipinski definition) is 3. The summed E-state index contributed by atoms with van der Waals surface area (Å²) in [5.41, 5.74) is -0.696. The van der Waals surface area contributed by atoms with Crippen LogP contribution in [0.3, 0.4) is 0 Å². The Kier molecular flexibility index (Phi) is 12.4. The molecule has 0 radical (unpaired) electrons. The minimum absolute atomic E-state index is 0.118. The number of hydrogen-bond acceptors (Lipinski definition) is 7. The van der Waals surface area contributed by atoms with Crippen molar-refractivity contribution in [3.63, 3.8) is 0 Å². The minimum atomic E-state index is -0.847. The van der Waals surface area contributed by atoms with E-state index in [2.05, 4.69) is 20.7 Å². The van der Waals surface area contributed by atoms with Crippen LogP contribution in [0.1, 0.15) is 47.5 Å².